The van der Waals surface area contributed by atoms with Crippen LogP contribution in [0, 0.1) is 11.6 Å². The maximum absolute atomic E-state index is 13.3. The van der Waals surface area contributed by atoms with Crippen LogP contribution in [-0.4, -0.2) is 18.8 Å². The maximum atomic E-state index is 13.3. The molecule has 0 spiro atoms. The number of rotatable bonds is 3. The number of hydrogen-bond acceptors (Lipinski definition) is 3. The maximum Gasteiger partial charge on any atom is 0.338 e. The minimum Gasteiger partial charge on any atom is -0.464 e. The van der Waals surface area contributed by atoms with Gasteiger partial charge in [-0.1, -0.05) is 6.07 Å². The second-order valence-corrected chi connectivity index (χ2v) is 4.06. The van der Waals surface area contributed by atoms with Gasteiger partial charge in [0.1, 0.15) is 0 Å². The molecule has 1 atom stereocenters. The molecule has 0 bridgehead atoms. The summed E-state index contributed by atoms with van der Waals surface area (Å²) in [7, 11) is 0. The van der Waals surface area contributed by atoms with Gasteiger partial charge in [0, 0.05) is 6.21 Å². The number of carbonyl (C=O) groups is 1. The second kappa shape index (κ2) is 4.84. The summed E-state index contributed by atoms with van der Waals surface area (Å²) in [6.45, 7) is 1.91. The Labute approximate surface area is 103 Å². The third-order valence-electron chi connectivity index (χ3n) is 2.96. The molecule has 1 aliphatic rings. The van der Waals surface area contributed by atoms with Gasteiger partial charge in [0.2, 0.25) is 0 Å². The van der Waals surface area contributed by atoms with E-state index in [-0.39, 0.29) is 6.61 Å². The number of esters is 1. The van der Waals surface area contributed by atoms with Crippen LogP contribution in [-0.2, 0) is 15.1 Å². The van der Waals surface area contributed by atoms with Crippen LogP contribution < -0.4 is 0 Å². The monoisotopic (exact) mass is 253 g/mol. The Balaban J connectivity index is 2.44. The highest BCUT2D eigenvalue weighted by molar-refractivity contribution is 5.87. The molecule has 1 aromatic carbocycles. The Morgan fingerprint density at radius 1 is 1.44 bits per heavy atom. The summed E-state index contributed by atoms with van der Waals surface area (Å²) in [6.07, 6.45) is 2.63. The Bertz CT molecular complexity index is 502. The van der Waals surface area contributed by atoms with Crippen molar-refractivity contribution in [3.63, 3.8) is 0 Å². The van der Waals surface area contributed by atoms with E-state index >= 15 is 0 Å². The number of carbonyl (C=O) groups excluding carboxylic acids is 1. The van der Waals surface area contributed by atoms with Gasteiger partial charge in [0.05, 0.1) is 6.61 Å². The highest BCUT2D eigenvalue weighted by atomic mass is 19.2. The average molecular weight is 253 g/mol. The zero-order valence-electron chi connectivity index (χ0n) is 9.95. The van der Waals surface area contributed by atoms with Crippen LogP contribution in [0.2, 0.25) is 0 Å². The fourth-order valence-electron chi connectivity index (χ4n) is 2.05. The van der Waals surface area contributed by atoms with E-state index in [1.54, 1.807) is 13.1 Å². The van der Waals surface area contributed by atoms with Gasteiger partial charge in [-0.2, -0.15) is 0 Å². The molecular weight excluding hydrogens is 240 g/mol. The Morgan fingerprint density at radius 2 is 2.22 bits per heavy atom. The highest BCUT2D eigenvalue weighted by Gasteiger charge is 2.43. The van der Waals surface area contributed by atoms with Gasteiger partial charge in [-0.05, 0) is 37.5 Å². The topological polar surface area (TPSA) is 38.7 Å². The van der Waals surface area contributed by atoms with E-state index in [9.17, 15) is 13.6 Å². The lowest BCUT2D eigenvalue weighted by atomic mass is 9.88. The van der Waals surface area contributed by atoms with E-state index in [4.69, 9.17) is 4.74 Å². The van der Waals surface area contributed by atoms with Crippen LogP contribution in [0.4, 0.5) is 8.78 Å². The summed E-state index contributed by atoms with van der Waals surface area (Å²) in [5.74, 6) is -2.46. The zero-order valence-corrected chi connectivity index (χ0v) is 9.95. The molecule has 1 aromatic rings. The van der Waals surface area contributed by atoms with Crippen molar-refractivity contribution in [1.29, 1.82) is 0 Å². The molecule has 18 heavy (non-hydrogen) atoms. The number of nitrogens with zero attached hydrogens (tertiary/aromatic N) is 1. The quantitative estimate of drug-likeness (QED) is 0.776. The Morgan fingerprint density at radius 3 is 2.78 bits per heavy atom. The van der Waals surface area contributed by atoms with Crippen LogP contribution in [0.5, 0.6) is 0 Å². The molecule has 1 heterocycles. The Hall–Kier alpha value is -1.78. The van der Waals surface area contributed by atoms with Gasteiger partial charge >= 0.3 is 5.97 Å². The number of benzene rings is 1. The Kier molecular flexibility index (Phi) is 3.41. The van der Waals surface area contributed by atoms with E-state index in [0.717, 1.165) is 12.1 Å². The average Bonchev–Trinajstić information content (AvgIpc) is 2.83. The van der Waals surface area contributed by atoms with Gasteiger partial charge < -0.3 is 4.74 Å². The first-order chi connectivity index (χ1) is 8.60. The number of aliphatic imine (C=N–C) groups is 1. The van der Waals surface area contributed by atoms with Gasteiger partial charge in [-0.15, -0.1) is 0 Å². The standard InChI is InChI=1S/C13H13F2NO2/c1-2-18-12(17)13(6-3-7-16-13)9-4-5-10(14)11(15)8-9/h4-5,7-8H,2-3,6H2,1H3. The first-order valence-corrected chi connectivity index (χ1v) is 5.76. The molecule has 0 fully saturated rings. The van der Waals surface area contributed by atoms with Crippen molar-refractivity contribution in [3.8, 4) is 0 Å². The molecule has 1 aliphatic heterocycles. The van der Waals surface area contributed by atoms with Crippen molar-refractivity contribution in [2.75, 3.05) is 6.61 Å². The predicted octanol–water partition coefficient (Wildman–Crippen LogP) is 2.59. The summed E-state index contributed by atoms with van der Waals surface area (Å²) in [5.41, 5.74) is -0.890. The molecule has 1 unspecified atom stereocenters. The molecule has 0 saturated carbocycles. The molecule has 2 rings (SSSR count). The number of hydrogen-bond donors (Lipinski definition) is 0. The largest absolute Gasteiger partial charge is 0.464 e. The van der Waals surface area contributed by atoms with Gasteiger partial charge in [0.25, 0.3) is 0 Å². The minimum atomic E-state index is -1.22. The smallest absolute Gasteiger partial charge is 0.338 e. The van der Waals surface area contributed by atoms with Crippen LogP contribution in [0.15, 0.2) is 23.2 Å². The summed E-state index contributed by atoms with van der Waals surface area (Å²) in [4.78, 5) is 16.1. The molecule has 0 N–H and O–H groups in total. The van der Waals surface area contributed by atoms with E-state index < -0.39 is 23.1 Å². The van der Waals surface area contributed by atoms with Crippen molar-refractivity contribution in [1.82, 2.24) is 0 Å². The molecule has 96 valence electrons. The van der Waals surface area contributed by atoms with Gasteiger partial charge in [0.15, 0.2) is 17.2 Å². The third kappa shape index (κ3) is 2.00. The number of ether oxygens (including phenoxy) is 1. The summed E-state index contributed by atoms with van der Waals surface area (Å²) in [5, 5.41) is 0. The zero-order chi connectivity index (χ0) is 13.2. The van der Waals surface area contributed by atoms with Gasteiger partial charge in [-0.3, -0.25) is 4.99 Å². The van der Waals surface area contributed by atoms with Crippen LogP contribution in [0.25, 0.3) is 0 Å². The van der Waals surface area contributed by atoms with Crippen molar-refractivity contribution in [2.24, 2.45) is 4.99 Å². The van der Waals surface area contributed by atoms with E-state index in [0.29, 0.717) is 18.4 Å². The fourth-order valence-corrected chi connectivity index (χ4v) is 2.05. The predicted molar refractivity (Wildman–Crippen MR) is 62.4 cm³/mol. The molecular formula is C13H13F2NO2. The SMILES string of the molecule is CCOC(=O)C1(c2ccc(F)c(F)c2)CCC=N1. The lowest BCUT2D eigenvalue weighted by Gasteiger charge is -2.24. The van der Waals surface area contributed by atoms with Crippen LogP contribution in [0.1, 0.15) is 25.3 Å². The van der Waals surface area contributed by atoms with Crippen LogP contribution in [0.3, 0.4) is 0 Å². The molecule has 0 amide bonds. The lowest BCUT2D eigenvalue weighted by Crippen LogP contribution is -2.34. The van der Waals surface area contributed by atoms with Crippen molar-refractivity contribution >= 4 is 12.2 Å². The normalized spacial score (nSPS) is 22.2. The first-order valence-electron chi connectivity index (χ1n) is 5.76. The van der Waals surface area contributed by atoms with E-state index in [1.807, 2.05) is 0 Å². The third-order valence-corrected chi connectivity index (χ3v) is 2.96. The van der Waals surface area contributed by atoms with Crippen molar-refractivity contribution in [2.45, 2.75) is 25.3 Å². The first kappa shape index (κ1) is 12.7. The summed E-state index contributed by atoms with van der Waals surface area (Å²) in [6, 6.07) is 3.38. The highest BCUT2D eigenvalue weighted by Crippen LogP contribution is 2.36. The van der Waals surface area contributed by atoms with E-state index in [2.05, 4.69) is 4.99 Å². The number of halogens is 2. The fraction of sp³-hybridized carbons (Fsp3) is 0.385. The van der Waals surface area contributed by atoms with Gasteiger partial charge in [-0.25, -0.2) is 13.6 Å². The summed E-state index contributed by atoms with van der Waals surface area (Å²) >= 11 is 0. The molecule has 0 saturated heterocycles. The van der Waals surface area contributed by atoms with E-state index in [1.165, 1.54) is 6.07 Å². The minimum absolute atomic E-state index is 0.222. The van der Waals surface area contributed by atoms with Crippen LogP contribution >= 0.6 is 0 Å². The van der Waals surface area contributed by atoms with Crippen molar-refractivity contribution in [3.05, 3.63) is 35.4 Å². The molecule has 5 heteroatoms. The lowest BCUT2D eigenvalue weighted by molar-refractivity contribution is -0.149. The second-order valence-electron chi connectivity index (χ2n) is 4.06. The molecule has 3 nitrogen and oxygen atoms in total. The molecule has 0 aromatic heterocycles. The summed E-state index contributed by atoms with van der Waals surface area (Å²) < 4.78 is 31.2. The molecule has 0 aliphatic carbocycles. The van der Waals surface area contributed by atoms with Crippen molar-refractivity contribution < 1.29 is 18.3 Å². The molecule has 0 radical (unpaired) electrons.